The molecule has 0 aliphatic heterocycles. The molecular weight excluding hydrogens is 828 g/mol. The van der Waals surface area contributed by atoms with E-state index in [1.807, 2.05) is 140 Å². The Hall–Kier alpha value is -7.93. The topological polar surface area (TPSA) is 115 Å². The van der Waals surface area contributed by atoms with Gasteiger partial charge in [-0.3, -0.25) is 9.59 Å². The minimum absolute atomic E-state index is 0.0547. The third-order valence-corrected chi connectivity index (χ3v) is 11.9. The summed E-state index contributed by atoms with van der Waals surface area (Å²) < 4.78 is 0. The molecule has 0 radical (unpaired) electrons. The van der Waals surface area contributed by atoms with Crippen LogP contribution in [0.15, 0.2) is 182 Å². The van der Waals surface area contributed by atoms with Crippen molar-refractivity contribution in [2.24, 2.45) is 0 Å². The molecule has 0 saturated carbocycles. The van der Waals surface area contributed by atoms with Gasteiger partial charge in [-0.2, -0.15) is 0 Å². The van der Waals surface area contributed by atoms with Gasteiger partial charge in [0, 0.05) is 33.7 Å². The molecule has 10 aromatic carbocycles. The highest BCUT2D eigenvalue weighted by molar-refractivity contribution is 6.19. The molecule has 0 atom stereocenters. The minimum atomic E-state index is -0.260. The first-order valence-corrected chi connectivity index (χ1v) is 21.6. The van der Waals surface area contributed by atoms with Crippen LogP contribution < -0.4 is 0 Å². The summed E-state index contributed by atoms with van der Waals surface area (Å²) in [5.41, 5.74) is 6.49. The number of benzene rings is 10. The maximum atomic E-state index is 13.3. The van der Waals surface area contributed by atoms with Gasteiger partial charge in [-0.25, -0.2) is 0 Å². The van der Waals surface area contributed by atoms with Crippen LogP contribution in [0.25, 0.3) is 65.3 Å². The molecule has 0 saturated heterocycles. The van der Waals surface area contributed by atoms with E-state index in [1.54, 1.807) is 36.4 Å². The van der Waals surface area contributed by atoms with Crippen LogP contribution in [0.5, 0.6) is 23.0 Å². The second-order valence-electron chi connectivity index (χ2n) is 16.0. The van der Waals surface area contributed by atoms with E-state index in [4.69, 9.17) is 11.6 Å². The molecule has 0 fully saturated rings. The summed E-state index contributed by atoms with van der Waals surface area (Å²) in [7, 11) is 0. The van der Waals surface area contributed by atoms with Crippen LogP contribution in [0.1, 0.15) is 49.9 Å². The molecule has 4 N–H and O–H groups in total. The van der Waals surface area contributed by atoms with Gasteiger partial charge in [-0.15, -0.1) is 11.6 Å². The molecule has 0 amide bonds. The van der Waals surface area contributed by atoms with Crippen LogP contribution in [0.4, 0.5) is 0 Å². The highest BCUT2D eigenvalue weighted by Crippen LogP contribution is 2.48. The second-order valence-corrected chi connectivity index (χ2v) is 16.2. The predicted octanol–water partition coefficient (Wildman–Crippen LogP) is 14.6. The van der Waals surface area contributed by atoms with Gasteiger partial charge in [0.1, 0.15) is 23.0 Å². The van der Waals surface area contributed by atoms with Crippen molar-refractivity contribution in [2.75, 3.05) is 0 Å². The maximum Gasteiger partial charge on any atom is 0.196 e. The summed E-state index contributed by atoms with van der Waals surface area (Å²) in [6.07, 6.45) is 0. The third-order valence-electron chi connectivity index (χ3n) is 11.6. The van der Waals surface area contributed by atoms with Gasteiger partial charge >= 0.3 is 0 Å². The molecule has 0 bridgehead atoms. The lowest BCUT2D eigenvalue weighted by Gasteiger charge is -2.17. The van der Waals surface area contributed by atoms with Crippen LogP contribution >= 0.6 is 11.6 Å². The fourth-order valence-corrected chi connectivity index (χ4v) is 8.38. The molecule has 65 heavy (non-hydrogen) atoms. The first kappa shape index (κ1) is 43.7. The van der Waals surface area contributed by atoms with Gasteiger partial charge < -0.3 is 20.4 Å². The van der Waals surface area contributed by atoms with Gasteiger partial charge in [-0.05, 0) is 93.7 Å². The van der Waals surface area contributed by atoms with E-state index in [0.717, 1.165) is 48.7 Å². The number of rotatable bonds is 6. The lowest BCUT2D eigenvalue weighted by atomic mass is 9.88. The van der Waals surface area contributed by atoms with Crippen molar-refractivity contribution in [3.05, 3.63) is 215 Å². The molecule has 0 aliphatic carbocycles. The van der Waals surface area contributed by atoms with Crippen molar-refractivity contribution >= 4 is 66.3 Å². The predicted molar refractivity (Wildman–Crippen MR) is 266 cm³/mol. The average Bonchev–Trinajstić information content (AvgIpc) is 3.32. The fraction of sp³-hybridized carbons (Fsp3) is 0.0690. The number of carbonyl (C=O) groups excluding carboxylic acids is 2. The summed E-state index contributed by atoms with van der Waals surface area (Å²) >= 11 is 5.58. The number of hydrogen-bond donors (Lipinski definition) is 4. The molecule has 10 aromatic rings. The Kier molecular flexibility index (Phi) is 12.7. The van der Waals surface area contributed by atoms with E-state index in [1.165, 1.54) is 18.1 Å². The number of fused-ring (bicyclic) bond motifs is 4. The zero-order valence-electron chi connectivity index (χ0n) is 36.0. The van der Waals surface area contributed by atoms with Crippen molar-refractivity contribution in [1.82, 2.24) is 0 Å². The van der Waals surface area contributed by atoms with E-state index in [0.29, 0.717) is 33.7 Å². The second kappa shape index (κ2) is 18.8. The maximum absolute atomic E-state index is 13.3. The third kappa shape index (κ3) is 8.85. The smallest absolute Gasteiger partial charge is 0.196 e. The number of hydrogen-bond acceptors (Lipinski definition) is 6. The number of ketones is 2. The lowest BCUT2D eigenvalue weighted by molar-refractivity contribution is 0.101. The number of phenols is 4. The van der Waals surface area contributed by atoms with Crippen molar-refractivity contribution < 1.29 is 30.0 Å². The van der Waals surface area contributed by atoms with Gasteiger partial charge in [0.05, 0.1) is 11.1 Å². The molecule has 0 unspecified atom stereocenters. The molecule has 0 aromatic heterocycles. The number of alkyl halides is 1. The molecular formula is C58H45ClO6. The van der Waals surface area contributed by atoms with Crippen molar-refractivity contribution in [3.8, 4) is 45.3 Å². The Morgan fingerprint density at radius 3 is 1.23 bits per heavy atom. The largest absolute Gasteiger partial charge is 0.507 e. The Bertz CT molecular complexity index is 3410. The summed E-state index contributed by atoms with van der Waals surface area (Å²) in [6, 6.07) is 56.3. The number of carbonyl (C=O) groups is 2. The summed E-state index contributed by atoms with van der Waals surface area (Å²) in [5, 5.41) is 50.4. The van der Waals surface area contributed by atoms with E-state index >= 15 is 0 Å². The standard InChI is InChI=1S/C28H20O3.C22H16O3.C8H9Cl/c1-17-10-12-19(13-11-17)27(30)23-16-20-7-3-5-9-22(20)26(28(23)31)25-21-8-4-2-6-18(21)14-15-24(25)29;1-13(23)18-12-15-7-3-5-9-17(15)21(22(18)25)20-16-8-4-2-6-14(16)10-11-19(20)24;1-7-2-4-8(6-9)5-3-7/h2-16,29,31H,1H3;2-12,24-25H,1H3;2-5H,6H2,1H3. The molecule has 320 valence electrons. The van der Waals surface area contributed by atoms with Gasteiger partial charge in [0.2, 0.25) is 0 Å². The quantitative estimate of drug-likeness (QED) is 0.0977. The highest BCUT2D eigenvalue weighted by Gasteiger charge is 2.24. The van der Waals surface area contributed by atoms with Gasteiger partial charge in [0.25, 0.3) is 0 Å². The van der Waals surface area contributed by atoms with Gasteiger partial charge in [0.15, 0.2) is 11.6 Å². The number of halogens is 1. The zero-order chi connectivity index (χ0) is 45.8. The highest BCUT2D eigenvalue weighted by atomic mass is 35.5. The number of Topliss-reactive ketones (excluding diaryl/α,β-unsaturated/α-hetero) is 1. The van der Waals surface area contributed by atoms with E-state index in [2.05, 4.69) is 19.1 Å². The van der Waals surface area contributed by atoms with E-state index in [9.17, 15) is 30.0 Å². The Balaban J connectivity index is 0.000000151. The molecule has 0 aliphatic rings. The molecule has 0 heterocycles. The van der Waals surface area contributed by atoms with Crippen LogP contribution in [-0.4, -0.2) is 32.0 Å². The fourth-order valence-electron chi connectivity index (χ4n) is 8.20. The Morgan fingerprint density at radius 1 is 0.431 bits per heavy atom. The first-order valence-electron chi connectivity index (χ1n) is 21.1. The van der Waals surface area contributed by atoms with Crippen LogP contribution in [0, 0.1) is 13.8 Å². The summed E-state index contributed by atoms with van der Waals surface area (Å²) in [5.74, 6) is 0.0292. The first-order chi connectivity index (χ1) is 31.4. The Labute approximate surface area is 381 Å². The van der Waals surface area contributed by atoms with Gasteiger partial charge in [-0.1, -0.05) is 169 Å². The molecule has 10 rings (SSSR count). The van der Waals surface area contributed by atoms with E-state index in [-0.39, 0.29) is 45.7 Å². The molecule has 6 nitrogen and oxygen atoms in total. The Morgan fingerprint density at radius 2 is 0.800 bits per heavy atom. The van der Waals surface area contributed by atoms with Crippen LogP contribution in [-0.2, 0) is 5.88 Å². The molecule has 7 heteroatoms. The minimum Gasteiger partial charge on any atom is -0.507 e. The lowest BCUT2D eigenvalue weighted by Crippen LogP contribution is -2.03. The monoisotopic (exact) mass is 872 g/mol. The van der Waals surface area contributed by atoms with Crippen LogP contribution in [0.3, 0.4) is 0 Å². The number of aromatic hydroxyl groups is 4. The van der Waals surface area contributed by atoms with Crippen molar-refractivity contribution in [2.45, 2.75) is 26.7 Å². The zero-order valence-corrected chi connectivity index (χ0v) is 36.8. The van der Waals surface area contributed by atoms with Crippen molar-refractivity contribution in [1.29, 1.82) is 0 Å². The summed E-state index contributed by atoms with van der Waals surface area (Å²) in [6.45, 7) is 5.46. The number of phenolic OH excluding ortho intramolecular Hbond substituents is 4. The van der Waals surface area contributed by atoms with Crippen molar-refractivity contribution in [3.63, 3.8) is 0 Å². The van der Waals surface area contributed by atoms with E-state index < -0.39 is 0 Å². The average molecular weight is 873 g/mol. The SMILES string of the molecule is CC(=O)c1cc2ccccc2c(-c2c(O)ccc3ccccc23)c1O.Cc1ccc(C(=O)c2cc3ccccc3c(-c3c(O)ccc4ccccc34)c2O)cc1.Cc1ccc(CCl)cc1. The summed E-state index contributed by atoms with van der Waals surface area (Å²) in [4.78, 5) is 25.4. The van der Waals surface area contributed by atoms with Crippen LogP contribution in [0.2, 0.25) is 0 Å². The molecule has 0 spiro atoms. The normalized spacial score (nSPS) is 10.9. The number of aryl methyl sites for hydroxylation is 2.